The minimum Gasteiger partial charge on any atom is -0.497 e. The molecular formula is C76H84ClN3O19. The highest BCUT2D eigenvalue weighted by molar-refractivity contribution is 6.30. The molecule has 2 fully saturated rings. The monoisotopic (exact) mass is 1380 g/mol. The van der Waals surface area contributed by atoms with Gasteiger partial charge in [0.1, 0.15) is 35.2 Å². The average molecular weight is 1380 g/mol. The van der Waals surface area contributed by atoms with Crippen molar-refractivity contribution in [3.63, 3.8) is 0 Å². The Morgan fingerprint density at radius 3 is 2.00 bits per heavy atom. The van der Waals surface area contributed by atoms with E-state index in [1.54, 1.807) is 148 Å². The van der Waals surface area contributed by atoms with Gasteiger partial charge in [0.15, 0.2) is 11.9 Å². The normalized spacial score (nSPS) is 23.7. The van der Waals surface area contributed by atoms with Gasteiger partial charge in [-0.1, -0.05) is 106 Å². The zero-order valence-corrected chi connectivity index (χ0v) is 57.8. The number of hydrogen-bond donors (Lipinski definition) is 4. The molecule has 3 unspecified atom stereocenters. The predicted molar refractivity (Wildman–Crippen MR) is 362 cm³/mol. The molecule has 0 radical (unpaired) electrons. The van der Waals surface area contributed by atoms with E-state index in [-0.39, 0.29) is 72.1 Å². The van der Waals surface area contributed by atoms with Crippen LogP contribution in [0.1, 0.15) is 154 Å². The molecule has 3 aliphatic carbocycles. The number of ketones is 1. The van der Waals surface area contributed by atoms with Crippen LogP contribution < -0.4 is 15.4 Å². The Hall–Kier alpha value is -9.51. The summed E-state index contributed by atoms with van der Waals surface area (Å²) in [7, 11) is 1.52. The molecule has 6 aromatic rings. The number of methoxy groups -OCH3 is 1. The Kier molecular flexibility index (Phi) is 22.9. The lowest BCUT2D eigenvalue weighted by molar-refractivity contribution is -0.275. The lowest BCUT2D eigenvalue weighted by atomic mass is 9.44. The molecule has 3 aliphatic rings. The van der Waals surface area contributed by atoms with Gasteiger partial charge in [0.2, 0.25) is 12.0 Å². The van der Waals surface area contributed by atoms with E-state index in [0.717, 1.165) is 13.8 Å². The minimum atomic E-state index is -2.53. The molecule has 524 valence electrons. The number of Topliss-reactive ketones (excluding diaryl/α,β-unsaturated/α-hetero) is 1. The van der Waals surface area contributed by atoms with Gasteiger partial charge >= 0.3 is 35.8 Å². The largest absolute Gasteiger partial charge is 0.497 e. The highest BCUT2D eigenvalue weighted by atomic mass is 35.5. The molecule has 23 heteroatoms. The Morgan fingerprint density at radius 1 is 0.758 bits per heavy atom. The number of hydrogen-bond acceptors (Lipinski definition) is 19. The number of aliphatic hydroxyl groups is 2. The Balaban J connectivity index is 0.971. The third-order valence-electron chi connectivity index (χ3n) is 20.1. The minimum absolute atomic E-state index is 0.0246. The van der Waals surface area contributed by atoms with E-state index in [0.29, 0.717) is 51.3 Å². The number of fused-ring (bicyclic) bond motifs is 4. The number of halogens is 1. The van der Waals surface area contributed by atoms with E-state index in [1.807, 2.05) is 0 Å². The van der Waals surface area contributed by atoms with Gasteiger partial charge in [0.05, 0.1) is 61.5 Å². The molecule has 2 bridgehead atoms. The molecule has 22 nitrogen and oxygen atoms in total. The van der Waals surface area contributed by atoms with E-state index in [2.05, 4.69) is 10.6 Å². The molecular weight excluding hydrogens is 1290 g/mol. The van der Waals surface area contributed by atoms with Crippen LogP contribution in [0, 0.1) is 29.6 Å². The molecule has 5 aromatic carbocycles. The summed E-state index contributed by atoms with van der Waals surface area (Å²) in [5.41, 5.74) is -5.62. The number of amides is 2. The lowest BCUT2D eigenvalue weighted by Gasteiger charge is -2.65. The van der Waals surface area contributed by atoms with Crippen LogP contribution in [0.2, 0.25) is 5.02 Å². The van der Waals surface area contributed by atoms with Gasteiger partial charge in [0, 0.05) is 59.5 Å². The molecule has 99 heavy (non-hydrogen) atoms. The van der Waals surface area contributed by atoms with Crippen LogP contribution >= 0.6 is 11.6 Å². The fourth-order valence-electron chi connectivity index (χ4n) is 14.8. The van der Waals surface area contributed by atoms with E-state index in [4.69, 9.17) is 44.8 Å². The molecule has 0 saturated heterocycles. The van der Waals surface area contributed by atoms with Crippen molar-refractivity contribution >= 4 is 81.8 Å². The highest BCUT2D eigenvalue weighted by Crippen LogP contribution is 2.64. The second-order valence-corrected chi connectivity index (χ2v) is 26.8. The van der Waals surface area contributed by atoms with Gasteiger partial charge in [-0.3, -0.25) is 42.9 Å². The number of nitrogens with zero attached hydrogens (tertiary/aromatic N) is 1. The van der Waals surface area contributed by atoms with Crippen molar-refractivity contribution in [1.82, 2.24) is 15.2 Å². The molecule has 1 heterocycles. The number of aliphatic hydroxyl groups excluding tert-OH is 1. The Bertz CT molecular complexity index is 4080. The second kappa shape index (κ2) is 30.7. The molecule has 2 amide bonds. The third kappa shape index (κ3) is 15.1. The highest BCUT2D eigenvalue weighted by Gasteiger charge is 2.75. The predicted octanol–water partition coefficient (Wildman–Crippen LogP) is 10.0. The summed E-state index contributed by atoms with van der Waals surface area (Å²) >= 11 is 6.10. The summed E-state index contributed by atoms with van der Waals surface area (Å²) in [6.45, 7) is 13.5. The van der Waals surface area contributed by atoms with Gasteiger partial charge in [-0.25, -0.2) is 9.59 Å². The van der Waals surface area contributed by atoms with Crippen LogP contribution in [0.3, 0.4) is 0 Å². The van der Waals surface area contributed by atoms with Crippen molar-refractivity contribution in [3.8, 4) is 5.75 Å². The summed E-state index contributed by atoms with van der Waals surface area (Å²) in [6, 6.07) is 34.0. The fourth-order valence-corrected chi connectivity index (χ4v) is 14.9. The molecule has 0 aliphatic heterocycles. The van der Waals surface area contributed by atoms with Crippen molar-refractivity contribution in [2.75, 3.05) is 20.3 Å². The molecule has 4 N–H and O–H groups in total. The SMILES string of the molecule is CC[C@@]1(OC(C)=O)C2[C@H](OC(=O)c3ccccc3)[C@]3(O)CC(OC(=O)C(OC(=O)CCC(=O)OCCCCNC(=O)Cc4c(C)n(C(=O)c5ccc(Cl)cc5)c5ccc(OC)cc45)[C@@H](NC(=O)c4ccccc4)c4ccccc4)C(C)=C([C@@H](OC(C)=O)C(=O)[C@]2(C)[C@@H](O)C[C@H]1C)C3(C)C. The van der Waals surface area contributed by atoms with Crippen LogP contribution in [-0.2, 0) is 68.4 Å². The van der Waals surface area contributed by atoms with E-state index >= 15 is 9.59 Å². The Morgan fingerprint density at radius 2 is 1.38 bits per heavy atom. The lowest BCUT2D eigenvalue weighted by Crippen LogP contribution is -2.76. The summed E-state index contributed by atoms with van der Waals surface area (Å²) in [5.74, 6) is -10.0. The van der Waals surface area contributed by atoms with Crippen LogP contribution in [0.5, 0.6) is 5.75 Å². The maximum Gasteiger partial charge on any atom is 0.350 e. The number of nitrogens with one attached hydrogen (secondary N) is 2. The first-order valence-corrected chi connectivity index (χ1v) is 33.4. The summed E-state index contributed by atoms with van der Waals surface area (Å²) in [6.07, 6.45) is -10.6. The van der Waals surface area contributed by atoms with Crippen molar-refractivity contribution in [3.05, 3.63) is 183 Å². The third-order valence-corrected chi connectivity index (χ3v) is 20.3. The van der Waals surface area contributed by atoms with Gasteiger partial charge in [0.25, 0.3) is 11.8 Å². The first kappa shape index (κ1) is 73.7. The molecule has 2 saturated carbocycles. The zero-order valence-electron chi connectivity index (χ0n) is 57.1. The number of carbonyl (C=O) groups excluding carboxylic acids is 10. The smallest absolute Gasteiger partial charge is 0.350 e. The molecule has 11 atom stereocenters. The van der Waals surface area contributed by atoms with Crippen molar-refractivity contribution in [1.29, 1.82) is 0 Å². The second-order valence-electron chi connectivity index (χ2n) is 26.3. The van der Waals surface area contributed by atoms with Crippen LogP contribution in [0.15, 0.2) is 145 Å². The quantitative estimate of drug-likeness (QED) is 0.0189. The van der Waals surface area contributed by atoms with Crippen molar-refractivity contribution in [2.24, 2.45) is 22.7 Å². The van der Waals surface area contributed by atoms with Crippen LogP contribution in [0.25, 0.3) is 10.9 Å². The first-order valence-electron chi connectivity index (χ1n) is 33.0. The van der Waals surface area contributed by atoms with Crippen LogP contribution in [-0.4, -0.2) is 136 Å². The molecule has 0 spiro atoms. The number of aromatic nitrogens is 1. The van der Waals surface area contributed by atoms with Gasteiger partial charge in [-0.15, -0.1) is 0 Å². The van der Waals surface area contributed by atoms with E-state index in [9.17, 15) is 48.6 Å². The van der Waals surface area contributed by atoms with Gasteiger partial charge < -0.3 is 54.0 Å². The number of benzene rings is 5. The Labute approximate surface area is 579 Å². The topological polar surface area (TPSA) is 305 Å². The van der Waals surface area contributed by atoms with E-state index in [1.165, 1.54) is 45.2 Å². The number of carbonyl (C=O) groups is 10. The number of unbranched alkanes of at least 4 members (excludes halogenated alkanes) is 1. The summed E-state index contributed by atoms with van der Waals surface area (Å²) < 4.78 is 44.0. The standard InChI is InChI=1S/C76H84ClN3O19/c1-11-75(99-47(6)82)43(2)39-58(83)74(9)66(75)68(98-71(90)51-27-19-14-20-28-51)76(92)42-57(44(3)62(73(76,7)8)64(67(74)87)95-46(5)81)96-72(91)65(63(48-23-15-12-16-24-48)79-69(88)49-25-17-13-18-26-49)97-61(86)36-35-60(85)94-38-22-21-37-78-59(84)41-54-45(4)80(56-34-33-53(93-10)40-55(54)56)70(89)50-29-31-52(77)32-30-50/h12-20,23-34,40,43,57-58,63-66,68,83,92H,11,21-22,35-39,41-42H2,1-10H3,(H,78,84)(H,79,88)/t43-,57?,58+,63+,64-,65?,66?,68+,74-,75+,76-/m1/s1. The first-order chi connectivity index (χ1) is 47.0. The van der Waals surface area contributed by atoms with Crippen LogP contribution in [0.4, 0.5) is 0 Å². The van der Waals surface area contributed by atoms with Crippen molar-refractivity contribution in [2.45, 2.75) is 161 Å². The molecule has 1 aromatic heterocycles. The van der Waals surface area contributed by atoms with E-state index < -0.39 is 137 Å². The molecule has 9 rings (SSSR count). The summed E-state index contributed by atoms with van der Waals surface area (Å²) in [5, 5.41) is 33.6. The fraction of sp³-hybridized carbons (Fsp3) is 0.421. The summed E-state index contributed by atoms with van der Waals surface area (Å²) in [4.78, 5) is 143. The van der Waals surface area contributed by atoms with Gasteiger partial charge in [-0.05, 0) is 141 Å². The number of rotatable bonds is 24. The maximum absolute atomic E-state index is 16.0. The average Bonchev–Trinajstić information content (AvgIpc) is 1.16. The maximum atomic E-state index is 16.0. The number of ether oxygens (including phenoxy) is 7. The number of esters is 6. The van der Waals surface area contributed by atoms with Crippen molar-refractivity contribution < 1.29 is 91.3 Å². The zero-order chi connectivity index (χ0) is 71.9. The van der Waals surface area contributed by atoms with Gasteiger partial charge in [-0.2, -0.15) is 0 Å².